The molecule has 3 heterocycles. The van der Waals surface area contributed by atoms with Gasteiger partial charge in [0.25, 0.3) is 0 Å². The fourth-order valence-electron chi connectivity index (χ4n) is 7.99. The molecule has 0 spiro atoms. The Labute approximate surface area is 313 Å². The molecular formula is C43H53NO9. The maximum atomic E-state index is 15.0. The number of esters is 1. The van der Waals surface area contributed by atoms with E-state index in [4.69, 9.17) is 33.2 Å². The lowest BCUT2D eigenvalue weighted by atomic mass is 9.75. The summed E-state index contributed by atoms with van der Waals surface area (Å²) in [5.74, 6) is 2.61. The van der Waals surface area contributed by atoms with Crippen LogP contribution in [0.1, 0.15) is 86.5 Å². The molecule has 1 saturated carbocycles. The second kappa shape index (κ2) is 18.3. The normalized spacial score (nSPS) is 22.0. The Morgan fingerprint density at radius 1 is 0.698 bits per heavy atom. The van der Waals surface area contributed by atoms with Crippen LogP contribution in [0.5, 0.6) is 34.5 Å². The van der Waals surface area contributed by atoms with Gasteiger partial charge < -0.3 is 38.1 Å². The molecule has 3 aromatic carbocycles. The summed E-state index contributed by atoms with van der Waals surface area (Å²) in [6.45, 7) is 1.08. The smallest absolute Gasteiger partial charge is 0.329 e. The van der Waals surface area contributed by atoms with Crippen LogP contribution in [0.3, 0.4) is 0 Å². The number of rotatable bonds is 8. The summed E-state index contributed by atoms with van der Waals surface area (Å²) in [6, 6.07) is 16.6. The number of carbonyl (C=O) groups is 2. The Morgan fingerprint density at radius 2 is 1.40 bits per heavy atom. The zero-order chi connectivity index (χ0) is 37.2. The molecule has 1 amide bonds. The van der Waals surface area contributed by atoms with Crippen LogP contribution in [-0.4, -0.2) is 71.0 Å². The van der Waals surface area contributed by atoms with E-state index in [1.807, 2.05) is 66.7 Å². The van der Waals surface area contributed by atoms with Gasteiger partial charge in [0.05, 0.1) is 34.4 Å². The fourth-order valence-corrected chi connectivity index (χ4v) is 7.99. The minimum absolute atomic E-state index is 0.0501. The van der Waals surface area contributed by atoms with Gasteiger partial charge >= 0.3 is 5.97 Å². The van der Waals surface area contributed by atoms with Crippen molar-refractivity contribution in [3.05, 3.63) is 83.4 Å². The number of benzene rings is 3. The first-order valence-corrected chi connectivity index (χ1v) is 18.9. The van der Waals surface area contributed by atoms with Crippen molar-refractivity contribution in [3.63, 3.8) is 0 Å². The second-order valence-electron chi connectivity index (χ2n) is 14.0. The molecule has 0 unspecified atom stereocenters. The highest BCUT2D eigenvalue weighted by molar-refractivity contribution is 5.89. The van der Waals surface area contributed by atoms with Gasteiger partial charge in [0.2, 0.25) is 11.7 Å². The van der Waals surface area contributed by atoms with Gasteiger partial charge in [-0.2, -0.15) is 0 Å². The number of amides is 1. The van der Waals surface area contributed by atoms with Crippen LogP contribution < -0.4 is 28.4 Å². The van der Waals surface area contributed by atoms with Crippen LogP contribution in [0, 0.1) is 5.92 Å². The van der Waals surface area contributed by atoms with Gasteiger partial charge in [-0.05, 0) is 116 Å². The molecule has 0 radical (unpaired) electrons. The van der Waals surface area contributed by atoms with Crippen molar-refractivity contribution < 1.29 is 42.7 Å². The van der Waals surface area contributed by atoms with Gasteiger partial charge in [-0.3, -0.25) is 4.79 Å². The van der Waals surface area contributed by atoms with Crippen LogP contribution >= 0.6 is 0 Å². The van der Waals surface area contributed by atoms with E-state index in [-0.39, 0.29) is 24.4 Å². The van der Waals surface area contributed by atoms with Gasteiger partial charge in [0.1, 0.15) is 31.1 Å². The maximum Gasteiger partial charge on any atom is 0.329 e. The van der Waals surface area contributed by atoms with Crippen molar-refractivity contribution in [2.75, 3.05) is 48.2 Å². The summed E-state index contributed by atoms with van der Waals surface area (Å²) in [5, 5.41) is 0. The van der Waals surface area contributed by atoms with Gasteiger partial charge in [0, 0.05) is 6.54 Å². The highest BCUT2D eigenvalue weighted by Crippen LogP contribution is 2.45. The third kappa shape index (κ3) is 9.03. The zero-order valence-electron chi connectivity index (χ0n) is 31.5. The first-order chi connectivity index (χ1) is 25.9. The van der Waals surface area contributed by atoms with Gasteiger partial charge in [-0.25, -0.2) is 4.79 Å². The molecule has 0 N–H and O–H groups in total. The number of fused-ring (bicyclic) bond motifs is 9. The highest BCUT2D eigenvalue weighted by Gasteiger charge is 2.41. The largest absolute Gasteiger partial charge is 0.493 e. The van der Waals surface area contributed by atoms with Gasteiger partial charge in [-0.15, -0.1) is 0 Å². The molecule has 10 heteroatoms. The molecule has 53 heavy (non-hydrogen) atoms. The molecule has 4 aliphatic rings. The van der Waals surface area contributed by atoms with E-state index >= 15 is 0 Å². The Morgan fingerprint density at radius 3 is 2.11 bits per heavy atom. The van der Waals surface area contributed by atoms with Crippen molar-refractivity contribution in [2.45, 2.75) is 82.3 Å². The predicted molar refractivity (Wildman–Crippen MR) is 201 cm³/mol. The number of nitrogens with zero attached hydrogens (tertiary/aromatic N) is 1. The monoisotopic (exact) mass is 727 g/mol. The molecule has 7 rings (SSSR count). The Balaban J connectivity index is 1.37. The van der Waals surface area contributed by atoms with E-state index in [0.29, 0.717) is 66.9 Å². The van der Waals surface area contributed by atoms with E-state index < -0.39 is 18.1 Å². The Kier molecular flexibility index (Phi) is 13.0. The lowest BCUT2D eigenvalue weighted by Crippen LogP contribution is -2.51. The minimum Gasteiger partial charge on any atom is -0.493 e. The number of ether oxygens (including phenoxy) is 7. The van der Waals surface area contributed by atoms with Crippen molar-refractivity contribution >= 4 is 11.9 Å². The third-order valence-electron chi connectivity index (χ3n) is 10.8. The average molecular weight is 728 g/mol. The van der Waals surface area contributed by atoms with E-state index in [1.165, 1.54) is 0 Å². The molecular weight excluding hydrogens is 674 g/mol. The first kappa shape index (κ1) is 37.9. The van der Waals surface area contributed by atoms with Crippen LogP contribution in [0.15, 0.2) is 66.7 Å². The average Bonchev–Trinajstić information content (AvgIpc) is 3.20. The van der Waals surface area contributed by atoms with Crippen molar-refractivity contribution in [1.82, 2.24) is 4.90 Å². The lowest BCUT2D eigenvalue weighted by molar-refractivity contribution is -0.163. The summed E-state index contributed by atoms with van der Waals surface area (Å²) >= 11 is 0. The van der Waals surface area contributed by atoms with E-state index in [0.717, 1.165) is 61.6 Å². The number of methoxy groups -OCH3 is 4. The van der Waals surface area contributed by atoms with Crippen LogP contribution in [0.4, 0.5) is 0 Å². The van der Waals surface area contributed by atoms with Crippen LogP contribution in [0.2, 0.25) is 0 Å². The summed E-state index contributed by atoms with van der Waals surface area (Å²) in [7, 11) is 6.42. The molecule has 4 bridgehead atoms. The van der Waals surface area contributed by atoms with Gasteiger partial charge in [0.15, 0.2) is 23.0 Å². The molecule has 1 saturated heterocycles. The molecule has 2 fully saturated rings. The van der Waals surface area contributed by atoms with Crippen LogP contribution in [-0.2, 0) is 20.7 Å². The second-order valence-corrected chi connectivity index (χ2v) is 14.0. The van der Waals surface area contributed by atoms with Crippen LogP contribution in [0.25, 0.3) is 0 Å². The van der Waals surface area contributed by atoms with Crippen molar-refractivity contribution in [3.8, 4) is 34.5 Å². The molecule has 3 atom stereocenters. The molecule has 10 nitrogen and oxygen atoms in total. The standard InChI is InChI=1S/C43H53NO9/c1-47-36-21-19-29(25-37(36)48-2)18-20-35-31-15-12-16-33(26-31)51-23-10-11-24-52-41-38(49-3)27-32(28-39(41)50-4)40(30-13-6-5-7-14-30)42(45)44-22-9-8-17-34(44)43(46)53-35/h10-12,15-16,19,21,25-28,30,34-35,40H,5-9,13-14,17-18,20,22-24H2,1-4H3/b11-10-/t34-,35+,40-/m0/s1. The summed E-state index contributed by atoms with van der Waals surface area (Å²) < 4.78 is 41.4. The molecule has 3 aromatic rings. The predicted octanol–water partition coefficient (Wildman–Crippen LogP) is 8.01. The number of aryl methyl sites for hydroxylation is 1. The SMILES string of the molecule is COc1ccc(CC[C@H]2OC(=O)[C@@H]3CCCCN3C(=O)[C@@H](C3CCCCC3)c3cc(OC)c(c(OC)c3)OC/C=C\COc3cccc2c3)cc1OC. The Hall–Kier alpha value is -4.86. The topological polar surface area (TPSA) is 102 Å². The molecule has 1 aliphatic carbocycles. The lowest BCUT2D eigenvalue weighted by Gasteiger charge is -2.40. The number of hydrogen-bond donors (Lipinski definition) is 0. The fraction of sp³-hybridized carbons (Fsp3) is 0.488. The quantitative estimate of drug-likeness (QED) is 0.169. The number of piperidine rings is 1. The van der Waals surface area contributed by atoms with E-state index in [2.05, 4.69) is 0 Å². The molecule has 284 valence electrons. The molecule has 3 aliphatic heterocycles. The minimum atomic E-state index is -0.701. The van der Waals surface area contributed by atoms with E-state index in [9.17, 15) is 9.59 Å². The number of carbonyl (C=O) groups excluding carboxylic acids is 2. The summed E-state index contributed by atoms with van der Waals surface area (Å²) in [6.07, 6.45) is 11.7. The zero-order valence-corrected chi connectivity index (χ0v) is 31.5. The first-order valence-electron chi connectivity index (χ1n) is 18.9. The summed E-state index contributed by atoms with van der Waals surface area (Å²) in [5.41, 5.74) is 2.65. The maximum absolute atomic E-state index is 15.0. The van der Waals surface area contributed by atoms with Gasteiger partial charge in [-0.1, -0.05) is 37.5 Å². The molecule has 0 aromatic heterocycles. The van der Waals surface area contributed by atoms with Crippen molar-refractivity contribution in [1.29, 1.82) is 0 Å². The van der Waals surface area contributed by atoms with E-state index in [1.54, 1.807) is 33.3 Å². The Bertz CT molecular complexity index is 1710. The van der Waals surface area contributed by atoms with Crippen molar-refractivity contribution in [2.24, 2.45) is 5.92 Å². The third-order valence-corrected chi connectivity index (χ3v) is 10.8. The summed E-state index contributed by atoms with van der Waals surface area (Å²) in [4.78, 5) is 31.2. The number of hydrogen-bond acceptors (Lipinski definition) is 9. The highest BCUT2D eigenvalue weighted by atomic mass is 16.5.